The molecule has 0 saturated heterocycles. The Morgan fingerprint density at radius 1 is 1.18 bits per heavy atom. The van der Waals surface area contributed by atoms with Gasteiger partial charge in [0.15, 0.2) is 10.2 Å². The zero-order valence-electron chi connectivity index (χ0n) is 15.3. The van der Waals surface area contributed by atoms with Crippen LogP contribution in [-0.2, 0) is 4.79 Å². The molecule has 2 aromatic heterocycles. The molecule has 1 atom stereocenters. The van der Waals surface area contributed by atoms with Crippen LogP contribution in [0.2, 0.25) is 10.0 Å². The van der Waals surface area contributed by atoms with Crippen LogP contribution in [0.25, 0.3) is 0 Å². The first-order chi connectivity index (χ1) is 13.3. The molecule has 0 aliphatic rings. The van der Waals surface area contributed by atoms with Crippen LogP contribution < -0.4 is 10.6 Å². The second kappa shape index (κ2) is 9.09. The first-order valence-corrected chi connectivity index (χ1v) is 10.7. The van der Waals surface area contributed by atoms with Crippen LogP contribution in [0.5, 0.6) is 0 Å². The van der Waals surface area contributed by atoms with Gasteiger partial charge in [-0.25, -0.2) is 4.98 Å². The lowest BCUT2D eigenvalue weighted by atomic mass is 10.1. The lowest BCUT2D eigenvalue weighted by Crippen LogP contribution is -2.23. The lowest BCUT2D eigenvalue weighted by Gasteiger charge is -2.10. The molecular formula is C18H17Cl2N5OS2. The molecule has 0 bridgehead atoms. The van der Waals surface area contributed by atoms with Crippen molar-refractivity contribution in [3.63, 3.8) is 0 Å². The van der Waals surface area contributed by atoms with E-state index < -0.39 is 5.25 Å². The van der Waals surface area contributed by atoms with Crippen LogP contribution in [0, 0.1) is 13.8 Å². The second-order valence-corrected chi connectivity index (χ2v) is 9.44. The number of nitrogens with zero attached hydrogens (tertiary/aromatic N) is 3. The third-order valence-corrected chi connectivity index (χ3v) is 6.38. The van der Waals surface area contributed by atoms with Crippen molar-refractivity contribution in [2.24, 2.45) is 0 Å². The van der Waals surface area contributed by atoms with Crippen molar-refractivity contribution in [1.29, 1.82) is 0 Å². The molecule has 0 spiro atoms. The Kier molecular flexibility index (Phi) is 6.77. The maximum absolute atomic E-state index is 12.4. The van der Waals surface area contributed by atoms with Crippen LogP contribution in [0.1, 0.15) is 18.1 Å². The maximum Gasteiger partial charge on any atom is 0.238 e. The van der Waals surface area contributed by atoms with E-state index in [2.05, 4.69) is 51.8 Å². The number of nitrogens with one attached hydrogen (secondary N) is 2. The number of hydrogen-bond acceptors (Lipinski definition) is 7. The highest BCUT2D eigenvalue weighted by Gasteiger charge is 2.19. The normalized spacial score (nSPS) is 11.9. The number of pyridine rings is 1. The minimum Gasteiger partial charge on any atom is -0.330 e. The number of anilines is 3. The van der Waals surface area contributed by atoms with Crippen LogP contribution in [0.4, 0.5) is 16.6 Å². The number of aromatic nitrogens is 3. The van der Waals surface area contributed by atoms with Gasteiger partial charge in [-0.15, -0.1) is 10.2 Å². The highest BCUT2D eigenvalue weighted by atomic mass is 35.5. The van der Waals surface area contributed by atoms with Crippen LogP contribution in [0.15, 0.2) is 34.8 Å². The zero-order chi connectivity index (χ0) is 20.3. The molecule has 1 amide bonds. The van der Waals surface area contributed by atoms with Gasteiger partial charge in [-0.2, -0.15) is 0 Å². The Morgan fingerprint density at radius 2 is 1.96 bits per heavy atom. The Morgan fingerprint density at radius 3 is 2.68 bits per heavy atom. The van der Waals surface area contributed by atoms with Gasteiger partial charge in [0.1, 0.15) is 0 Å². The van der Waals surface area contributed by atoms with E-state index in [4.69, 9.17) is 23.2 Å². The van der Waals surface area contributed by atoms with E-state index in [1.807, 2.05) is 6.07 Å². The lowest BCUT2D eigenvalue weighted by molar-refractivity contribution is -0.115. The highest BCUT2D eigenvalue weighted by molar-refractivity contribution is 8.02. The average molecular weight is 454 g/mol. The molecule has 0 aliphatic carbocycles. The fourth-order valence-electron chi connectivity index (χ4n) is 2.18. The summed E-state index contributed by atoms with van der Waals surface area (Å²) in [5.41, 5.74) is 3.38. The molecule has 28 heavy (non-hydrogen) atoms. The molecule has 2 heterocycles. The van der Waals surface area contributed by atoms with Gasteiger partial charge in [0, 0.05) is 11.9 Å². The summed E-state index contributed by atoms with van der Waals surface area (Å²) in [5.74, 6) is 0.0402. The highest BCUT2D eigenvalue weighted by Crippen LogP contribution is 2.31. The third kappa shape index (κ3) is 5.35. The van der Waals surface area contributed by atoms with Gasteiger partial charge < -0.3 is 10.6 Å². The van der Waals surface area contributed by atoms with Crippen molar-refractivity contribution in [2.75, 3.05) is 10.6 Å². The van der Waals surface area contributed by atoms with E-state index in [1.165, 1.54) is 46.5 Å². The first kappa shape index (κ1) is 20.9. The number of halogens is 2. The van der Waals surface area contributed by atoms with Crippen molar-refractivity contribution in [1.82, 2.24) is 15.2 Å². The van der Waals surface area contributed by atoms with Gasteiger partial charge >= 0.3 is 0 Å². The van der Waals surface area contributed by atoms with Gasteiger partial charge in [0.25, 0.3) is 0 Å². The van der Waals surface area contributed by atoms with Crippen molar-refractivity contribution >= 4 is 68.8 Å². The molecule has 0 fully saturated rings. The number of aryl methyl sites for hydroxylation is 2. The van der Waals surface area contributed by atoms with Crippen LogP contribution >= 0.6 is 46.3 Å². The summed E-state index contributed by atoms with van der Waals surface area (Å²) >= 11 is 14.6. The SMILES string of the molecule is Cc1ccc(Nc2nnc(SC(C)C(=O)Nc3ncc(Cl)cc3Cl)s2)cc1C. The van der Waals surface area contributed by atoms with E-state index >= 15 is 0 Å². The molecule has 1 aromatic carbocycles. The summed E-state index contributed by atoms with van der Waals surface area (Å²) in [4.78, 5) is 16.4. The number of hydrogen-bond donors (Lipinski definition) is 2. The topological polar surface area (TPSA) is 79.8 Å². The molecule has 10 heteroatoms. The first-order valence-electron chi connectivity index (χ1n) is 8.28. The Bertz CT molecular complexity index is 1010. The van der Waals surface area contributed by atoms with Gasteiger partial charge in [0.05, 0.1) is 15.3 Å². The fraction of sp³-hybridized carbons (Fsp3) is 0.222. The monoisotopic (exact) mass is 453 g/mol. The largest absolute Gasteiger partial charge is 0.330 e. The van der Waals surface area contributed by atoms with Crippen molar-refractivity contribution in [2.45, 2.75) is 30.4 Å². The molecule has 0 saturated carbocycles. The Hall–Kier alpha value is -1.87. The van der Waals surface area contributed by atoms with Crippen LogP contribution in [-0.4, -0.2) is 26.3 Å². The minimum absolute atomic E-state index is 0.236. The van der Waals surface area contributed by atoms with Gasteiger partial charge in [0.2, 0.25) is 11.0 Å². The molecular weight excluding hydrogens is 437 g/mol. The maximum atomic E-state index is 12.4. The van der Waals surface area contributed by atoms with Crippen molar-refractivity contribution in [3.05, 3.63) is 51.6 Å². The van der Waals surface area contributed by atoms with Gasteiger partial charge in [-0.05, 0) is 50.1 Å². The van der Waals surface area contributed by atoms with Crippen molar-refractivity contribution in [3.8, 4) is 0 Å². The third-order valence-electron chi connectivity index (χ3n) is 3.86. The van der Waals surface area contributed by atoms with Crippen LogP contribution in [0.3, 0.4) is 0 Å². The summed E-state index contributed by atoms with van der Waals surface area (Å²) in [6.45, 7) is 5.91. The number of amides is 1. The van der Waals surface area contributed by atoms with E-state index in [9.17, 15) is 4.79 Å². The number of rotatable bonds is 6. The van der Waals surface area contributed by atoms with E-state index in [0.29, 0.717) is 14.5 Å². The standard InChI is InChI=1S/C18H17Cl2N5OS2/c1-9-4-5-13(6-10(9)2)22-17-24-25-18(28-17)27-11(3)16(26)23-15-14(20)7-12(19)8-21-15/h4-8,11H,1-3H3,(H,22,24)(H,21,23,26). The molecule has 3 aromatic rings. The smallest absolute Gasteiger partial charge is 0.238 e. The molecule has 2 N–H and O–H groups in total. The Balaban J connectivity index is 1.60. The van der Waals surface area contributed by atoms with E-state index in [0.717, 1.165) is 5.69 Å². The molecule has 3 rings (SSSR count). The number of carbonyl (C=O) groups excluding carboxylic acids is 1. The van der Waals surface area contributed by atoms with Gasteiger partial charge in [-0.3, -0.25) is 4.79 Å². The summed E-state index contributed by atoms with van der Waals surface area (Å²) < 4.78 is 0.684. The molecule has 6 nitrogen and oxygen atoms in total. The Labute approximate surface area is 181 Å². The average Bonchev–Trinajstić information content (AvgIpc) is 3.07. The summed E-state index contributed by atoms with van der Waals surface area (Å²) in [6, 6.07) is 7.63. The number of benzene rings is 1. The number of thioether (sulfide) groups is 1. The van der Waals surface area contributed by atoms with Crippen molar-refractivity contribution < 1.29 is 4.79 Å². The summed E-state index contributed by atoms with van der Waals surface area (Å²) in [6.07, 6.45) is 1.43. The quantitative estimate of drug-likeness (QED) is 0.464. The molecule has 0 radical (unpaired) electrons. The van der Waals surface area contributed by atoms with Gasteiger partial charge in [-0.1, -0.05) is 52.4 Å². The second-order valence-electron chi connectivity index (χ2n) is 6.03. The predicted octanol–water partition coefficient (Wildman–Crippen LogP) is 5.72. The minimum atomic E-state index is -0.407. The van der Waals surface area contributed by atoms with E-state index in [1.54, 1.807) is 6.92 Å². The molecule has 146 valence electrons. The number of carbonyl (C=O) groups is 1. The summed E-state index contributed by atoms with van der Waals surface area (Å²) in [5, 5.41) is 15.2. The molecule has 0 aliphatic heterocycles. The summed E-state index contributed by atoms with van der Waals surface area (Å²) in [7, 11) is 0. The zero-order valence-corrected chi connectivity index (χ0v) is 18.4. The molecule has 1 unspecified atom stereocenters. The predicted molar refractivity (Wildman–Crippen MR) is 117 cm³/mol. The fourth-order valence-corrected chi connectivity index (χ4v) is 4.52. The van der Waals surface area contributed by atoms with E-state index in [-0.39, 0.29) is 16.7 Å².